The number of hydrogen-bond acceptors (Lipinski definition) is 3. The highest BCUT2D eigenvalue weighted by molar-refractivity contribution is 7.59. The zero-order valence-electron chi connectivity index (χ0n) is 19.8. The topological polar surface area (TPSA) is 96.0 Å². The fraction of sp³-hybridized carbons (Fsp3) is 0.222. The number of aromatic amines is 1. The smallest absolute Gasteiger partial charge is 0.255 e. The lowest BCUT2D eigenvalue weighted by Gasteiger charge is -2.33. The third-order valence-electron chi connectivity index (χ3n) is 6.59. The van der Waals surface area contributed by atoms with Crippen LogP contribution in [0.1, 0.15) is 46.4 Å². The Balaban J connectivity index is 0.00000320. The number of aromatic nitrogens is 2. The number of carbonyl (C=O) groups excluding carboxylic acids is 2. The van der Waals surface area contributed by atoms with Crippen molar-refractivity contribution < 1.29 is 14.0 Å². The SMILES string of the molecule is O=C(N[C@@H]1CCCC[C@@H]1NC(=O)c1ccc(-n2ccccc2=O)cc1F)c1ccc2c(Cl)c[nH]c2c1.S. The van der Waals surface area contributed by atoms with Crippen LogP contribution in [0.15, 0.2) is 71.8 Å². The van der Waals surface area contributed by atoms with Crippen LogP contribution in [0, 0.1) is 5.82 Å². The number of pyridine rings is 1. The standard InChI is InChI=1S/C27H24ClFN4O3.H2S/c28-20-15-30-24-13-16(8-10-18(20)24)26(35)31-22-5-1-2-6-23(22)32-27(36)19-11-9-17(14-21(19)29)33-12-4-3-7-25(33)34;/h3-4,7-15,22-23,30H,1-2,5-6H2,(H,31,35)(H,32,36);1H2/t22-,23+;/m1./s1. The number of H-pyrrole nitrogens is 1. The Labute approximate surface area is 224 Å². The van der Waals surface area contributed by atoms with Crippen molar-refractivity contribution in [3.05, 3.63) is 99.3 Å². The lowest BCUT2D eigenvalue weighted by atomic mass is 9.89. The minimum atomic E-state index is -0.727. The van der Waals surface area contributed by atoms with E-state index in [2.05, 4.69) is 15.6 Å². The summed E-state index contributed by atoms with van der Waals surface area (Å²) < 4.78 is 16.2. The molecule has 7 nitrogen and oxygen atoms in total. The molecule has 2 heterocycles. The molecule has 0 bridgehead atoms. The summed E-state index contributed by atoms with van der Waals surface area (Å²) in [5.41, 5.74) is 1.16. The van der Waals surface area contributed by atoms with Crippen molar-refractivity contribution in [1.29, 1.82) is 0 Å². The van der Waals surface area contributed by atoms with Gasteiger partial charge in [0.05, 0.1) is 16.3 Å². The van der Waals surface area contributed by atoms with E-state index in [9.17, 15) is 18.8 Å². The monoisotopic (exact) mass is 540 g/mol. The number of fused-ring (bicyclic) bond motifs is 1. The molecule has 3 N–H and O–H groups in total. The molecule has 0 unspecified atom stereocenters. The second-order valence-corrected chi connectivity index (χ2v) is 9.32. The van der Waals surface area contributed by atoms with Crippen molar-refractivity contribution in [2.75, 3.05) is 0 Å². The molecule has 192 valence electrons. The molecule has 10 heteroatoms. The molecule has 2 atom stereocenters. The van der Waals surface area contributed by atoms with Gasteiger partial charge in [-0.25, -0.2) is 4.39 Å². The van der Waals surface area contributed by atoms with Crippen LogP contribution in [0.25, 0.3) is 16.6 Å². The molecular weight excluding hydrogens is 515 g/mol. The third kappa shape index (κ3) is 5.57. The number of benzene rings is 2. The van der Waals surface area contributed by atoms with Gasteiger partial charge in [0.2, 0.25) is 0 Å². The van der Waals surface area contributed by atoms with Crippen LogP contribution in [0.2, 0.25) is 5.02 Å². The molecule has 0 aliphatic heterocycles. The fourth-order valence-corrected chi connectivity index (χ4v) is 4.90. The first-order valence-electron chi connectivity index (χ1n) is 11.8. The highest BCUT2D eigenvalue weighted by Crippen LogP contribution is 2.25. The average Bonchev–Trinajstić information content (AvgIpc) is 3.25. The lowest BCUT2D eigenvalue weighted by molar-refractivity contribution is 0.0860. The molecule has 2 aromatic heterocycles. The van der Waals surface area contributed by atoms with Crippen molar-refractivity contribution in [2.45, 2.75) is 37.8 Å². The van der Waals surface area contributed by atoms with Crippen LogP contribution in [-0.2, 0) is 0 Å². The second-order valence-electron chi connectivity index (χ2n) is 8.91. The summed E-state index contributed by atoms with van der Waals surface area (Å²) >= 11 is 6.12. The van der Waals surface area contributed by atoms with Crippen LogP contribution in [-0.4, -0.2) is 33.4 Å². The maximum Gasteiger partial charge on any atom is 0.255 e. The number of rotatable bonds is 5. The van der Waals surface area contributed by atoms with Gasteiger partial charge in [0.15, 0.2) is 0 Å². The predicted molar refractivity (Wildman–Crippen MR) is 147 cm³/mol. The Hall–Kier alpha value is -3.56. The number of nitrogens with one attached hydrogen (secondary N) is 3. The number of nitrogens with zero attached hydrogens (tertiary/aromatic N) is 1. The molecular formula is C27H26ClFN4O3S. The van der Waals surface area contributed by atoms with Crippen LogP contribution in [0.4, 0.5) is 4.39 Å². The summed E-state index contributed by atoms with van der Waals surface area (Å²) in [6.45, 7) is 0. The van der Waals surface area contributed by atoms with E-state index in [1.807, 2.05) is 0 Å². The highest BCUT2D eigenvalue weighted by atomic mass is 35.5. The molecule has 1 aliphatic carbocycles. The number of amides is 2. The van der Waals surface area contributed by atoms with E-state index in [0.29, 0.717) is 29.1 Å². The van der Waals surface area contributed by atoms with Gasteiger partial charge in [0.25, 0.3) is 17.4 Å². The van der Waals surface area contributed by atoms with Gasteiger partial charge in [-0.1, -0.05) is 36.6 Å². The van der Waals surface area contributed by atoms with Crippen LogP contribution in [0.5, 0.6) is 0 Å². The third-order valence-corrected chi connectivity index (χ3v) is 6.90. The average molecular weight is 541 g/mol. The van der Waals surface area contributed by atoms with Gasteiger partial charge in [-0.3, -0.25) is 19.0 Å². The van der Waals surface area contributed by atoms with Gasteiger partial charge in [-0.15, -0.1) is 0 Å². The van der Waals surface area contributed by atoms with Gasteiger partial charge < -0.3 is 15.6 Å². The molecule has 0 spiro atoms. The number of carbonyl (C=O) groups is 2. The Morgan fingerprint density at radius 3 is 2.41 bits per heavy atom. The molecule has 2 aromatic carbocycles. The minimum Gasteiger partial charge on any atom is -0.360 e. The van der Waals surface area contributed by atoms with Gasteiger partial charge in [-0.2, -0.15) is 13.5 Å². The first-order chi connectivity index (χ1) is 17.4. The van der Waals surface area contributed by atoms with Crippen molar-refractivity contribution in [3.63, 3.8) is 0 Å². The summed E-state index contributed by atoms with van der Waals surface area (Å²) in [5.74, 6) is -1.54. The van der Waals surface area contributed by atoms with Crippen molar-refractivity contribution >= 4 is 47.8 Å². The highest BCUT2D eigenvalue weighted by Gasteiger charge is 2.29. The molecule has 37 heavy (non-hydrogen) atoms. The Morgan fingerprint density at radius 2 is 1.70 bits per heavy atom. The molecule has 0 saturated heterocycles. The molecule has 0 radical (unpaired) electrons. The van der Waals surface area contributed by atoms with E-state index in [4.69, 9.17) is 11.6 Å². The van der Waals surface area contributed by atoms with Crippen molar-refractivity contribution in [3.8, 4) is 5.69 Å². The Morgan fingerprint density at radius 1 is 0.973 bits per heavy atom. The van der Waals surface area contributed by atoms with E-state index in [1.54, 1.807) is 36.5 Å². The summed E-state index contributed by atoms with van der Waals surface area (Å²) in [6, 6.07) is 13.3. The largest absolute Gasteiger partial charge is 0.360 e. The van der Waals surface area contributed by atoms with Crippen molar-refractivity contribution in [2.24, 2.45) is 0 Å². The molecule has 1 fully saturated rings. The number of hydrogen-bond donors (Lipinski definition) is 3. The first-order valence-corrected chi connectivity index (χ1v) is 12.1. The van der Waals surface area contributed by atoms with Gasteiger partial charge in [0, 0.05) is 47.0 Å². The Kier molecular flexibility index (Phi) is 8.04. The molecule has 1 aliphatic rings. The van der Waals surface area contributed by atoms with Gasteiger partial charge in [-0.05, 0) is 49.2 Å². The summed E-state index contributed by atoms with van der Waals surface area (Å²) in [6.07, 6.45) is 6.38. The van der Waals surface area contributed by atoms with Gasteiger partial charge in [0.1, 0.15) is 5.82 Å². The quantitative estimate of drug-likeness (QED) is 0.342. The van der Waals surface area contributed by atoms with Gasteiger partial charge >= 0.3 is 0 Å². The summed E-state index contributed by atoms with van der Waals surface area (Å²) in [5, 5.41) is 7.35. The predicted octanol–water partition coefficient (Wildman–Crippen LogP) is 4.70. The van der Waals surface area contributed by atoms with E-state index >= 15 is 0 Å². The zero-order chi connectivity index (χ0) is 25.2. The van der Waals surface area contributed by atoms with E-state index in [-0.39, 0.29) is 42.6 Å². The molecule has 5 rings (SSSR count). The van der Waals surface area contributed by atoms with Crippen LogP contribution < -0.4 is 16.2 Å². The van der Waals surface area contributed by atoms with E-state index in [0.717, 1.165) is 23.7 Å². The second kappa shape index (κ2) is 11.2. The lowest BCUT2D eigenvalue weighted by Crippen LogP contribution is -2.53. The normalized spacial score (nSPS) is 17.1. The van der Waals surface area contributed by atoms with Crippen LogP contribution in [0.3, 0.4) is 0 Å². The maximum atomic E-state index is 14.9. The maximum absolute atomic E-state index is 14.9. The van der Waals surface area contributed by atoms with E-state index < -0.39 is 11.7 Å². The van der Waals surface area contributed by atoms with Crippen LogP contribution >= 0.6 is 25.1 Å². The molecule has 1 saturated carbocycles. The molecule has 4 aromatic rings. The summed E-state index contributed by atoms with van der Waals surface area (Å²) in [4.78, 5) is 41.0. The minimum absolute atomic E-state index is 0. The zero-order valence-corrected chi connectivity index (χ0v) is 21.5. The first kappa shape index (κ1) is 26.5. The molecule has 2 amide bonds. The summed E-state index contributed by atoms with van der Waals surface area (Å²) in [7, 11) is 0. The Bertz CT molecular complexity index is 1520. The van der Waals surface area contributed by atoms with E-state index in [1.165, 1.54) is 35.0 Å². The fourth-order valence-electron chi connectivity index (χ4n) is 4.68. The number of halogens is 2. The van der Waals surface area contributed by atoms with Crippen molar-refractivity contribution in [1.82, 2.24) is 20.2 Å².